The lowest BCUT2D eigenvalue weighted by molar-refractivity contribution is -0.156. The maximum absolute atomic E-state index is 14.1. The molecule has 8 nitrogen and oxygen atoms in total. The van der Waals surface area contributed by atoms with Gasteiger partial charge in [0.25, 0.3) is 0 Å². The van der Waals surface area contributed by atoms with Gasteiger partial charge in [-0.15, -0.1) is 6.58 Å². The molecule has 3 fully saturated rings. The van der Waals surface area contributed by atoms with Crippen molar-refractivity contribution in [3.8, 4) is 0 Å². The molecule has 2 bridgehead atoms. The number of aliphatic hydroxyl groups is 1. The number of amides is 2. The SMILES string of the molecule is C=CCN(C(=O)[C@@H]1N([C@@H](CO)CC(C)C)C(=O)[C@H]2[C@H](C(=O)OCC)[C@H]3O[C@@]12CC3Br)C(C)C. The summed E-state index contributed by atoms with van der Waals surface area (Å²) in [6.45, 7) is 13.6. The Hall–Kier alpha value is -1.45. The number of aliphatic hydroxyl groups excluding tert-OH is 1. The molecule has 0 saturated carbocycles. The van der Waals surface area contributed by atoms with Crippen LogP contribution in [-0.2, 0) is 23.9 Å². The van der Waals surface area contributed by atoms with Crippen molar-refractivity contribution in [2.45, 2.75) is 82.1 Å². The van der Waals surface area contributed by atoms with Crippen molar-refractivity contribution in [2.24, 2.45) is 17.8 Å². The van der Waals surface area contributed by atoms with E-state index in [0.29, 0.717) is 19.4 Å². The Balaban J connectivity index is 2.14. The first kappa shape index (κ1) is 26.2. The van der Waals surface area contributed by atoms with Crippen LogP contribution in [0, 0.1) is 17.8 Å². The van der Waals surface area contributed by atoms with Crippen LogP contribution in [0.25, 0.3) is 0 Å². The van der Waals surface area contributed by atoms with Crippen molar-refractivity contribution in [1.29, 1.82) is 0 Å². The fraction of sp³-hybridized carbons (Fsp3) is 0.792. The number of ether oxygens (including phenoxy) is 2. The summed E-state index contributed by atoms with van der Waals surface area (Å²) in [5.74, 6) is -2.44. The normalized spacial score (nSPS) is 33.5. The number of carbonyl (C=O) groups excluding carboxylic acids is 3. The third-order valence-electron chi connectivity index (χ3n) is 7.10. The van der Waals surface area contributed by atoms with Crippen molar-refractivity contribution in [3.63, 3.8) is 0 Å². The van der Waals surface area contributed by atoms with Crippen molar-refractivity contribution < 1.29 is 29.0 Å². The molecule has 33 heavy (non-hydrogen) atoms. The fourth-order valence-electron chi connectivity index (χ4n) is 5.92. The Bertz CT molecular complexity index is 789. The summed E-state index contributed by atoms with van der Waals surface area (Å²) in [5.41, 5.74) is -1.15. The van der Waals surface area contributed by atoms with Crippen LogP contribution in [0.4, 0.5) is 0 Å². The minimum absolute atomic E-state index is 0.125. The second kappa shape index (κ2) is 10.0. The maximum atomic E-state index is 14.1. The first-order chi connectivity index (χ1) is 15.5. The number of esters is 1. The summed E-state index contributed by atoms with van der Waals surface area (Å²) in [6, 6.07) is -1.61. The number of nitrogens with zero attached hydrogens (tertiary/aromatic N) is 2. The fourth-order valence-corrected chi connectivity index (χ4v) is 6.86. The largest absolute Gasteiger partial charge is 0.466 e. The van der Waals surface area contributed by atoms with Crippen molar-refractivity contribution >= 4 is 33.7 Å². The number of carbonyl (C=O) groups is 3. The molecule has 0 aromatic heterocycles. The molecule has 2 amide bonds. The molecule has 0 radical (unpaired) electrons. The lowest BCUT2D eigenvalue weighted by Crippen LogP contribution is -2.60. The number of hydrogen-bond donors (Lipinski definition) is 1. The van der Waals surface area contributed by atoms with E-state index in [0.717, 1.165) is 0 Å². The van der Waals surface area contributed by atoms with Gasteiger partial charge in [-0.3, -0.25) is 14.4 Å². The van der Waals surface area contributed by atoms with Gasteiger partial charge >= 0.3 is 5.97 Å². The molecule has 3 aliphatic rings. The minimum Gasteiger partial charge on any atom is -0.466 e. The second-order valence-corrected chi connectivity index (χ2v) is 11.2. The predicted octanol–water partition coefficient (Wildman–Crippen LogP) is 2.13. The monoisotopic (exact) mass is 528 g/mol. The number of rotatable bonds is 10. The van der Waals surface area contributed by atoms with Gasteiger partial charge in [0.1, 0.15) is 11.6 Å². The Kier molecular flexibility index (Phi) is 7.96. The number of halogens is 1. The van der Waals surface area contributed by atoms with Crippen molar-refractivity contribution in [3.05, 3.63) is 12.7 Å². The number of likely N-dealkylation sites (tertiary alicyclic amines) is 1. The molecule has 3 aliphatic heterocycles. The average molecular weight is 529 g/mol. The van der Waals surface area contributed by atoms with E-state index in [9.17, 15) is 19.5 Å². The molecule has 1 N–H and O–H groups in total. The van der Waals surface area contributed by atoms with Crippen LogP contribution >= 0.6 is 15.9 Å². The Labute approximate surface area is 204 Å². The highest BCUT2D eigenvalue weighted by Gasteiger charge is 2.77. The molecule has 7 atom stereocenters. The second-order valence-electron chi connectivity index (χ2n) is 10.0. The Morgan fingerprint density at radius 1 is 1.39 bits per heavy atom. The van der Waals surface area contributed by atoms with Gasteiger partial charge in [-0.25, -0.2) is 0 Å². The smallest absolute Gasteiger partial charge is 0.312 e. The van der Waals surface area contributed by atoms with Gasteiger partial charge in [-0.1, -0.05) is 35.9 Å². The van der Waals surface area contributed by atoms with E-state index in [1.807, 2.05) is 27.7 Å². The van der Waals surface area contributed by atoms with Crippen LogP contribution in [0.2, 0.25) is 0 Å². The summed E-state index contributed by atoms with van der Waals surface area (Å²) >= 11 is 3.64. The van der Waals surface area contributed by atoms with E-state index in [1.54, 1.807) is 17.9 Å². The molecule has 3 heterocycles. The zero-order valence-corrected chi connectivity index (χ0v) is 21.8. The lowest BCUT2D eigenvalue weighted by Gasteiger charge is -2.40. The van der Waals surface area contributed by atoms with E-state index >= 15 is 0 Å². The van der Waals surface area contributed by atoms with Gasteiger partial charge in [-0.2, -0.15) is 0 Å². The zero-order valence-electron chi connectivity index (χ0n) is 20.2. The Morgan fingerprint density at radius 3 is 2.58 bits per heavy atom. The molecule has 0 aromatic carbocycles. The summed E-state index contributed by atoms with van der Waals surface area (Å²) in [7, 11) is 0. The maximum Gasteiger partial charge on any atom is 0.312 e. The highest BCUT2D eigenvalue weighted by atomic mass is 79.9. The van der Waals surface area contributed by atoms with Crippen LogP contribution in [0.1, 0.15) is 47.5 Å². The summed E-state index contributed by atoms with van der Waals surface area (Å²) < 4.78 is 11.8. The van der Waals surface area contributed by atoms with Gasteiger partial charge in [0.2, 0.25) is 11.8 Å². The average Bonchev–Trinajstić information content (AvgIpc) is 3.33. The lowest BCUT2D eigenvalue weighted by atomic mass is 9.70. The van der Waals surface area contributed by atoms with E-state index in [2.05, 4.69) is 22.5 Å². The number of fused-ring (bicyclic) bond motifs is 1. The van der Waals surface area contributed by atoms with Gasteiger partial charge in [0, 0.05) is 17.4 Å². The summed E-state index contributed by atoms with van der Waals surface area (Å²) in [5, 5.41) is 10.3. The van der Waals surface area contributed by atoms with Gasteiger partial charge < -0.3 is 24.4 Å². The van der Waals surface area contributed by atoms with E-state index in [4.69, 9.17) is 9.47 Å². The Morgan fingerprint density at radius 2 is 2.06 bits per heavy atom. The highest BCUT2D eigenvalue weighted by Crippen LogP contribution is 2.60. The summed E-state index contributed by atoms with van der Waals surface area (Å²) in [6.07, 6.45) is 2.08. The van der Waals surface area contributed by atoms with E-state index in [-0.39, 0.29) is 41.8 Å². The quantitative estimate of drug-likeness (QED) is 0.265. The third kappa shape index (κ3) is 4.25. The van der Waals surface area contributed by atoms with E-state index in [1.165, 1.54) is 4.90 Å². The summed E-state index contributed by atoms with van der Waals surface area (Å²) in [4.78, 5) is 44.0. The molecular formula is C24H37BrN2O6. The molecule has 1 spiro atoms. The molecule has 3 saturated heterocycles. The molecule has 186 valence electrons. The molecular weight excluding hydrogens is 492 g/mol. The number of alkyl halides is 1. The van der Waals surface area contributed by atoms with Gasteiger partial charge in [-0.05, 0) is 39.5 Å². The molecule has 1 unspecified atom stereocenters. The van der Waals surface area contributed by atoms with E-state index < -0.39 is 41.6 Å². The third-order valence-corrected chi connectivity index (χ3v) is 7.94. The van der Waals surface area contributed by atoms with Crippen molar-refractivity contribution in [1.82, 2.24) is 9.80 Å². The molecule has 0 aliphatic carbocycles. The highest BCUT2D eigenvalue weighted by molar-refractivity contribution is 9.09. The van der Waals surface area contributed by atoms with Crippen LogP contribution in [-0.4, -0.2) is 87.1 Å². The molecule has 3 rings (SSSR count). The molecule has 9 heteroatoms. The zero-order chi connectivity index (χ0) is 24.7. The first-order valence-corrected chi connectivity index (χ1v) is 12.8. The van der Waals surface area contributed by atoms with Crippen LogP contribution in [0.3, 0.4) is 0 Å². The van der Waals surface area contributed by atoms with Crippen LogP contribution < -0.4 is 0 Å². The minimum atomic E-state index is -1.15. The first-order valence-electron chi connectivity index (χ1n) is 11.9. The topological polar surface area (TPSA) is 96.4 Å². The predicted molar refractivity (Wildman–Crippen MR) is 127 cm³/mol. The van der Waals surface area contributed by atoms with Gasteiger partial charge in [0.05, 0.1) is 37.2 Å². The van der Waals surface area contributed by atoms with Crippen LogP contribution in [0.15, 0.2) is 12.7 Å². The molecule has 0 aromatic rings. The van der Waals surface area contributed by atoms with Crippen molar-refractivity contribution in [2.75, 3.05) is 19.8 Å². The number of hydrogen-bond acceptors (Lipinski definition) is 6. The standard InChI is InChI=1S/C24H37BrN2O6/c1-7-9-26(14(5)6)22(30)20-24-11-16(25)19(33-24)17(23(31)32-8-2)18(24)21(29)27(20)15(12-28)10-13(3)4/h7,13-20,28H,1,8-12H2,2-6H3/t15-,16?,17+,18-,19+,20+,24-/m1/s1. The van der Waals surface area contributed by atoms with Gasteiger partial charge in [0.15, 0.2) is 0 Å². The van der Waals surface area contributed by atoms with Crippen LogP contribution in [0.5, 0.6) is 0 Å².